The van der Waals surface area contributed by atoms with Crippen LogP contribution in [-0.4, -0.2) is 52.0 Å². The van der Waals surface area contributed by atoms with Crippen LogP contribution in [0, 0.1) is 6.92 Å². The number of benzene rings is 2. The second-order valence-electron chi connectivity index (χ2n) is 7.67. The number of carbonyl (C=O) groups excluding carboxylic acids is 1. The molecule has 3 aromatic rings. The van der Waals surface area contributed by atoms with Crippen LogP contribution in [0.2, 0.25) is 0 Å². The summed E-state index contributed by atoms with van der Waals surface area (Å²) >= 11 is 0. The first-order valence-corrected chi connectivity index (χ1v) is 10.2. The lowest BCUT2D eigenvalue weighted by Gasteiger charge is -2.33. The molecule has 1 aromatic heterocycles. The molecule has 154 valence electrons. The second-order valence-corrected chi connectivity index (χ2v) is 7.67. The molecule has 1 fully saturated rings. The van der Waals surface area contributed by atoms with Gasteiger partial charge in [-0.3, -0.25) is 9.69 Å². The van der Waals surface area contributed by atoms with E-state index >= 15 is 0 Å². The summed E-state index contributed by atoms with van der Waals surface area (Å²) in [6, 6.07) is 18.1. The van der Waals surface area contributed by atoms with E-state index in [1.54, 1.807) is 6.08 Å². The molecule has 1 aliphatic heterocycles. The van der Waals surface area contributed by atoms with Crippen molar-refractivity contribution < 1.29 is 9.32 Å². The first-order valence-electron chi connectivity index (χ1n) is 10.2. The molecule has 0 unspecified atom stereocenters. The molecule has 4 rings (SSSR count). The van der Waals surface area contributed by atoms with Crippen molar-refractivity contribution in [1.29, 1.82) is 0 Å². The average Bonchev–Trinajstić information content (AvgIpc) is 3.23. The Balaban J connectivity index is 1.31. The van der Waals surface area contributed by atoms with E-state index in [2.05, 4.69) is 22.0 Å². The van der Waals surface area contributed by atoms with Gasteiger partial charge in [0.1, 0.15) is 0 Å². The van der Waals surface area contributed by atoms with Crippen molar-refractivity contribution in [2.24, 2.45) is 0 Å². The Morgan fingerprint density at radius 2 is 1.73 bits per heavy atom. The van der Waals surface area contributed by atoms with Crippen LogP contribution in [0.1, 0.15) is 23.9 Å². The Morgan fingerprint density at radius 1 is 1.03 bits per heavy atom. The van der Waals surface area contributed by atoms with Crippen molar-refractivity contribution in [3.8, 4) is 11.4 Å². The maximum absolute atomic E-state index is 12.6. The van der Waals surface area contributed by atoms with Gasteiger partial charge in [0.25, 0.3) is 0 Å². The number of carbonyl (C=O) groups is 1. The quantitative estimate of drug-likeness (QED) is 0.608. The van der Waals surface area contributed by atoms with Crippen LogP contribution in [0.5, 0.6) is 0 Å². The first-order chi connectivity index (χ1) is 14.6. The minimum Gasteiger partial charge on any atom is -0.338 e. The number of piperazine rings is 1. The zero-order valence-electron chi connectivity index (χ0n) is 17.4. The number of aryl methyl sites for hydroxylation is 1. The molecule has 0 atom stereocenters. The third kappa shape index (κ3) is 4.83. The van der Waals surface area contributed by atoms with E-state index in [4.69, 9.17) is 4.52 Å². The van der Waals surface area contributed by atoms with E-state index in [9.17, 15) is 4.79 Å². The Morgan fingerprint density at radius 3 is 2.43 bits per heavy atom. The minimum absolute atomic E-state index is 0.0652. The molecule has 30 heavy (non-hydrogen) atoms. The standard InChI is InChI=1S/C24H26N4O2/c1-18-8-10-21(11-9-18)24-25-22(30-26-24)17-27-12-14-28(15-13-27)23(29)16-19(2)20-6-4-3-5-7-20/h3-11,16H,12-15,17H2,1-2H3. The van der Waals surface area contributed by atoms with Crippen LogP contribution in [0.4, 0.5) is 0 Å². The number of aromatic nitrogens is 2. The van der Waals surface area contributed by atoms with Crippen LogP contribution in [-0.2, 0) is 11.3 Å². The van der Waals surface area contributed by atoms with Crippen molar-refractivity contribution >= 4 is 11.5 Å². The monoisotopic (exact) mass is 402 g/mol. The summed E-state index contributed by atoms with van der Waals surface area (Å²) in [5, 5.41) is 4.10. The predicted octanol–water partition coefficient (Wildman–Crippen LogP) is 3.79. The summed E-state index contributed by atoms with van der Waals surface area (Å²) in [6.45, 7) is 7.57. The highest BCUT2D eigenvalue weighted by Gasteiger charge is 2.22. The van der Waals surface area contributed by atoms with Crippen molar-refractivity contribution in [3.63, 3.8) is 0 Å². The topological polar surface area (TPSA) is 62.5 Å². The molecule has 1 aliphatic rings. The number of allylic oxidation sites excluding steroid dienone is 1. The molecule has 0 N–H and O–H groups in total. The summed E-state index contributed by atoms with van der Waals surface area (Å²) in [5.41, 5.74) is 4.21. The number of amides is 1. The van der Waals surface area contributed by atoms with Gasteiger partial charge in [-0.1, -0.05) is 65.3 Å². The van der Waals surface area contributed by atoms with Crippen molar-refractivity contribution in [2.75, 3.05) is 26.2 Å². The van der Waals surface area contributed by atoms with E-state index in [0.29, 0.717) is 31.3 Å². The van der Waals surface area contributed by atoms with Crippen LogP contribution in [0.3, 0.4) is 0 Å². The molecule has 0 radical (unpaired) electrons. The third-order valence-electron chi connectivity index (χ3n) is 5.39. The van der Waals surface area contributed by atoms with Gasteiger partial charge < -0.3 is 9.42 Å². The second kappa shape index (κ2) is 9.05. The van der Waals surface area contributed by atoms with Crippen LogP contribution in [0.25, 0.3) is 17.0 Å². The molecule has 2 aromatic carbocycles. The largest absolute Gasteiger partial charge is 0.338 e. The molecule has 1 saturated heterocycles. The normalized spacial score (nSPS) is 15.4. The van der Waals surface area contributed by atoms with Gasteiger partial charge in [-0.15, -0.1) is 0 Å². The Kier molecular flexibility index (Phi) is 6.05. The number of rotatable bonds is 5. The van der Waals surface area contributed by atoms with Gasteiger partial charge in [0.15, 0.2) is 0 Å². The first kappa shape index (κ1) is 20.0. The van der Waals surface area contributed by atoms with Crippen LogP contribution < -0.4 is 0 Å². The fraction of sp³-hybridized carbons (Fsp3) is 0.292. The zero-order valence-corrected chi connectivity index (χ0v) is 17.4. The maximum atomic E-state index is 12.6. The third-order valence-corrected chi connectivity index (χ3v) is 5.39. The fourth-order valence-corrected chi connectivity index (χ4v) is 3.52. The van der Waals surface area contributed by atoms with Gasteiger partial charge in [-0.05, 0) is 25.0 Å². The number of hydrogen-bond donors (Lipinski definition) is 0. The van der Waals surface area contributed by atoms with E-state index in [1.165, 1.54) is 5.56 Å². The lowest BCUT2D eigenvalue weighted by molar-refractivity contribution is -0.127. The Labute approximate surface area is 176 Å². The van der Waals surface area contributed by atoms with Crippen LogP contribution in [0.15, 0.2) is 65.2 Å². The van der Waals surface area contributed by atoms with Gasteiger partial charge in [-0.25, -0.2) is 0 Å². The summed E-state index contributed by atoms with van der Waals surface area (Å²) in [5.74, 6) is 1.28. The summed E-state index contributed by atoms with van der Waals surface area (Å²) in [7, 11) is 0. The molecule has 2 heterocycles. The highest BCUT2D eigenvalue weighted by molar-refractivity contribution is 5.94. The average molecular weight is 402 g/mol. The summed E-state index contributed by atoms with van der Waals surface area (Å²) in [6.07, 6.45) is 1.73. The molecular weight excluding hydrogens is 376 g/mol. The molecule has 0 saturated carbocycles. The van der Waals surface area contributed by atoms with Crippen molar-refractivity contribution in [2.45, 2.75) is 20.4 Å². The molecule has 6 heteroatoms. The lowest BCUT2D eigenvalue weighted by atomic mass is 10.1. The van der Waals surface area contributed by atoms with Crippen LogP contribution >= 0.6 is 0 Å². The fourth-order valence-electron chi connectivity index (χ4n) is 3.52. The maximum Gasteiger partial charge on any atom is 0.246 e. The summed E-state index contributed by atoms with van der Waals surface area (Å²) < 4.78 is 5.44. The SMILES string of the molecule is CC(=CC(=O)N1CCN(Cc2nc(-c3ccc(C)cc3)no2)CC1)c1ccccc1. The predicted molar refractivity (Wildman–Crippen MR) is 116 cm³/mol. The van der Waals surface area contributed by atoms with Gasteiger partial charge in [0, 0.05) is 37.8 Å². The van der Waals surface area contributed by atoms with E-state index < -0.39 is 0 Å². The van der Waals surface area contributed by atoms with Gasteiger partial charge in [-0.2, -0.15) is 4.98 Å². The van der Waals surface area contributed by atoms with Gasteiger partial charge >= 0.3 is 0 Å². The molecular formula is C24H26N4O2. The smallest absolute Gasteiger partial charge is 0.246 e. The van der Waals surface area contributed by atoms with E-state index in [-0.39, 0.29) is 5.91 Å². The van der Waals surface area contributed by atoms with Gasteiger partial charge in [0.2, 0.25) is 17.6 Å². The summed E-state index contributed by atoms with van der Waals surface area (Å²) in [4.78, 5) is 21.3. The van der Waals surface area contributed by atoms with Crippen molar-refractivity contribution in [3.05, 3.63) is 77.7 Å². The van der Waals surface area contributed by atoms with E-state index in [0.717, 1.165) is 29.8 Å². The Hall–Kier alpha value is -3.25. The number of hydrogen-bond acceptors (Lipinski definition) is 5. The highest BCUT2D eigenvalue weighted by Crippen LogP contribution is 2.18. The molecule has 0 spiro atoms. The lowest BCUT2D eigenvalue weighted by Crippen LogP contribution is -2.47. The molecule has 6 nitrogen and oxygen atoms in total. The molecule has 1 amide bonds. The van der Waals surface area contributed by atoms with Crippen molar-refractivity contribution in [1.82, 2.24) is 19.9 Å². The zero-order chi connectivity index (χ0) is 20.9. The van der Waals surface area contributed by atoms with E-state index in [1.807, 2.05) is 66.4 Å². The highest BCUT2D eigenvalue weighted by atomic mass is 16.5. The molecule has 0 aliphatic carbocycles. The number of nitrogens with zero attached hydrogens (tertiary/aromatic N) is 4. The minimum atomic E-state index is 0.0652. The Bertz CT molecular complexity index is 1020. The van der Waals surface area contributed by atoms with Gasteiger partial charge in [0.05, 0.1) is 6.54 Å². The molecule has 0 bridgehead atoms.